The summed E-state index contributed by atoms with van der Waals surface area (Å²) in [5.41, 5.74) is 13.2. The van der Waals surface area contributed by atoms with Crippen LogP contribution in [0.1, 0.15) is 45.1 Å². The molecule has 0 radical (unpaired) electrons. The molecule has 4 N–H and O–H groups in total. The van der Waals surface area contributed by atoms with Crippen molar-refractivity contribution in [2.45, 2.75) is 45.6 Å². The Hall–Kier alpha value is -0.350. The van der Waals surface area contributed by atoms with Crippen molar-refractivity contribution >= 4 is 40.4 Å². The number of hydrogen-bond donors (Lipinski definition) is 2. The quantitative estimate of drug-likeness (QED) is 0.753. The molecule has 2 atom stereocenters. The summed E-state index contributed by atoms with van der Waals surface area (Å²) in [6.07, 6.45) is 1.54. The molecule has 0 aliphatic heterocycles. The molecule has 2 unspecified atom stereocenters. The van der Waals surface area contributed by atoms with Crippen molar-refractivity contribution in [3.8, 4) is 0 Å². The van der Waals surface area contributed by atoms with Gasteiger partial charge in [-0.05, 0) is 29.5 Å². The minimum absolute atomic E-state index is 0.0123. The molecule has 0 fully saturated rings. The lowest BCUT2D eigenvalue weighted by Crippen LogP contribution is -2.43. The van der Waals surface area contributed by atoms with Gasteiger partial charge in [-0.2, -0.15) is 0 Å². The van der Waals surface area contributed by atoms with E-state index in [-0.39, 0.29) is 17.4 Å². The summed E-state index contributed by atoms with van der Waals surface area (Å²) < 4.78 is 0. The third-order valence-corrected chi connectivity index (χ3v) is 4.95. The average molecular weight is 333 g/mol. The molecule has 0 aliphatic carbocycles. The molecule has 0 spiro atoms. The summed E-state index contributed by atoms with van der Waals surface area (Å²) in [5.74, 6) is 0.0391. The second-order valence-corrected chi connectivity index (χ2v) is 7.16. The standard InChI is InChI=1S/C15H22Cl2N2S/c1-4-15(2,3)14(19)10(8-13(18)20)9-5-6-11(16)12(17)7-9/h5-7,10,14H,4,8,19H2,1-3H3,(H2,18,20). The lowest BCUT2D eigenvalue weighted by atomic mass is 9.72. The van der Waals surface area contributed by atoms with Crippen LogP contribution in [-0.2, 0) is 0 Å². The zero-order chi connectivity index (χ0) is 15.5. The van der Waals surface area contributed by atoms with Crippen molar-refractivity contribution in [1.29, 1.82) is 0 Å². The van der Waals surface area contributed by atoms with E-state index in [1.54, 1.807) is 6.07 Å². The summed E-state index contributed by atoms with van der Waals surface area (Å²) in [6, 6.07) is 5.53. The maximum absolute atomic E-state index is 6.48. The van der Waals surface area contributed by atoms with E-state index in [9.17, 15) is 0 Å². The van der Waals surface area contributed by atoms with Crippen LogP contribution in [0.5, 0.6) is 0 Å². The predicted octanol–water partition coefficient (Wildman–Crippen LogP) is 4.52. The van der Waals surface area contributed by atoms with Gasteiger partial charge in [0.05, 0.1) is 15.0 Å². The molecule has 0 amide bonds. The second-order valence-electron chi connectivity index (χ2n) is 5.82. The van der Waals surface area contributed by atoms with Crippen molar-refractivity contribution in [2.24, 2.45) is 16.9 Å². The SMILES string of the molecule is CCC(C)(C)C(N)C(CC(N)=S)c1ccc(Cl)c(Cl)c1. The van der Waals surface area contributed by atoms with E-state index in [0.717, 1.165) is 12.0 Å². The molecule has 2 nitrogen and oxygen atoms in total. The van der Waals surface area contributed by atoms with E-state index in [0.29, 0.717) is 21.5 Å². The number of rotatable bonds is 6. The molecule has 0 aliphatic rings. The highest BCUT2D eigenvalue weighted by atomic mass is 35.5. The third-order valence-electron chi connectivity index (χ3n) is 4.04. The maximum atomic E-state index is 6.48. The molecule has 112 valence electrons. The molecule has 0 saturated carbocycles. The Balaban J connectivity index is 3.17. The smallest absolute Gasteiger partial charge is 0.0734 e. The van der Waals surface area contributed by atoms with Crippen LogP contribution < -0.4 is 11.5 Å². The first-order valence-electron chi connectivity index (χ1n) is 6.68. The van der Waals surface area contributed by atoms with E-state index >= 15 is 0 Å². The second kappa shape index (κ2) is 7.08. The molecular formula is C15H22Cl2N2S. The molecular weight excluding hydrogens is 311 g/mol. The number of hydrogen-bond acceptors (Lipinski definition) is 2. The number of benzene rings is 1. The fourth-order valence-electron chi connectivity index (χ4n) is 2.19. The molecule has 1 aromatic carbocycles. The van der Waals surface area contributed by atoms with Gasteiger partial charge in [0.15, 0.2) is 0 Å². The largest absolute Gasteiger partial charge is 0.393 e. The Morgan fingerprint density at radius 2 is 1.90 bits per heavy atom. The molecule has 5 heteroatoms. The molecule has 0 bridgehead atoms. The lowest BCUT2D eigenvalue weighted by Gasteiger charge is -2.37. The van der Waals surface area contributed by atoms with Gasteiger partial charge < -0.3 is 11.5 Å². The monoisotopic (exact) mass is 332 g/mol. The molecule has 0 heterocycles. The van der Waals surface area contributed by atoms with Crippen LogP contribution in [0, 0.1) is 5.41 Å². The van der Waals surface area contributed by atoms with Crippen LogP contribution in [0.2, 0.25) is 10.0 Å². The highest BCUT2D eigenvalue weighted by molar-refractivity contribution is 7.80. The summed E-state index contributed by atoms with van der Waals surface area (Å²) >= 11 is 17.2. The first-order valence-corrected chi connectivity index (χ1v) is 7.84. The summed E-state index contributed by atoms with van der Waals surface area (Å²) in [6.45, 7) is 6.44. The van der Waals surface area contributed by atoms with Crippen LogP contribution in [0.4, 0.5) is 0 Å². The van der Waals surface area contributed by atoms with Crippen LogP contribution in [0.25, 0.3) is 0 Å². The maximum Gasteiger partial charge on any atom is 0.0734 e. The topological polar surface area (TPSA) is 52.0 Å². The summed E-state index contributed by atoms with van der Waals surface area (Å²) in [5, 5.41) is 1.06. The van der Waals surface area contributed by atoms with Crippen molar-refractivity contribution in [2.75, 3.05) is 0 Å². The molecule has 0 saturated heterocycles. The minimum Gasteiger partial charge on any atom is -0.393 e. The first-order chi connectivity index (χ1) is 9.19. The third kappa shape index (κ3) is 4.32. The van der Waals surface area contributed by atoms with E-state index < -0.39 is 0 Å². The van der Waals surface area contributed by atoms with Gasteiger partial charge in [0.2, 0.25) is 0 Å². The van der Waals surface area contributed by atoms with Gasteiger partial charge in [-0.3, -0.25) is 0 Å². The van der Waals surface area contributed by atoms with Crippen LogP contribution in [0.15, 0.2) is 18.2 Å². The van der Waals surface area contributed by atoms with Crippen molar-refractivity contribution in [3.63, 3.8) is 0 Å². The highest BCUT2D eigenvalue weighted by Crippen LogP contribution is 2.37. The Morgan fingerprint density at radius 3 is 2.35 bits per heavy atom. The van der Waals surface area contributed by atoms with Gasteiger partial charge in [-0.15, -0.1) is 0 Å². The van der Waals surface area contributed by atoms with Gasteiger partial charge in [-0.1, -0.05) is 62.3 Å². The Bertz CT molecular complexity index is 489. The van der Waals surface area contributed by atoms with E-state index in [1.165, 1.54) is 0 Å². The fraction of sp³-hybridized carbons (Fsp3) is 0.533. The Kier molecular flexibility index (Phi) is 6.26. The molecule has 1 aromatic rings. The number of nitrogens with two attached hydrogens (primary N) is 2. The van der Waals surface area contributed by atoms with E-state index in [4.69, 9.17) is 46.9 Å². The van der Waals surface area contributed by atoms with Gasteiger partial charge >= 0.3 is 0 Å². The van der Waals surface area contributed by atoms with Crippen LogP contribution in [-0.4, -0.2) is 11.0 Å². The Morgan fingerprint density at radius 1 is 1.30 bits per heavy atom. The normalized spacial score (nSPS) is 14.9. The van der Waals surface area contributed by atoms with Gasteiger partial charge in [-0.25, -0.2) is 0 Å². The van der Waals surface area contributed by atoms with Gasteiger partial charge in [0.25, 0.3) is 0 Å². The average Bonchev–Trinajstić information content (AvgIpc) is 2.38. The van der Waals surface area contributed by atoms with Crippen molar-refractivity contribution in [3.05, 3.63) is 33.8 Å². The summed E-state index contributed by atoms with van der Waals surface area (Å²) in [7, 11) is 0. The number of halogens is 2. The molecule has 1 rings (SSSR count). The first kappa shape index (κ1) is 17.7. The van der Waals surface area contributed by atoms with Gasteiger partial charge in [0, 0.05) is 18.4 Å². The number of thiocarbonyl (C=S) groups is 1. The van der Waals surface area contributed by atoms with E-state index in [1.807, 2.05) is 12.1 Å². The minimum atomic E-state index is -0.0637. The fourth-order valence-corrected chi connectivity index (χ4v) is 2.68. The molecule has 20 heavy (non-hydrogen) atoms. The summed E-state index contributed by atoms with van der Waals surface area (Å²) in [4.78, 5) is 0.462. The van der Waals surface area contributed by atoms with Crippen LogP contribution >= 0.6 is 35.4 Å². The van der Waals surface area contributed by atoms with Gasteiger partial charge in [0.1, 0.15) is 0 Å². The Labute approximate surface area is 136 Å². The lowest BCUT2D eigenvalue weighted by molar-refractivity contribution is 0.243. The predicted molar refractivity (Wildman–Crippen MR) is 92.7 cm³/mol. The van der Waals surface area contributed by atoms with Crippen LogP contribution in [0.3, 0.4) is 0 Å². The zero-order valence-electron chi connectivity index (χ0n) is 12.1. The zero-order valence-corrected chi connectivity index (χ0v) is 14.4. The highest BCUT2D eigenvalue weighted by Gasteiger charge is 2.32. The molecule has 0 aromatic heterocycles. The van der Waals surface area contributed by atoms with Crippen molar-refractivity contribution < 1.29 is 0 Å². The van der Waals surface area contributed by atoms with Crippen molar-refractivity contribution in [1.82, 2.24) is 0 Å². The van der Waals surface area contributed by atoms with E-state index in [2.05, 4.69) is 20.8 Å².